The Hall–Kier alpha value is -3.03. The van der Waals surface area contributed by atoms with Crippen LogP contribution in [0.5, 0.6) is 0 Å². The van der Waals surface area contributed by atoms with Crippen LogP contribution in [0.2, 0.25) is 0 Å². The Labute approximate surface area is 180 Å². The minimum absolute atomic E-state index is 0.00819. The zero-order valence-corrected chi connectivity index (χ0v) is 18.2. The fourth-order valence-corrected chi connectivity index (χ4v) is 5.01. The van der Waals surface area contributed by atoms with E-state index in [0.717, 1.165) is 18.6 Å². The van der Waals surface area contributed by atoms with Crippen molar-refractivity contribution < 1.29 is 14.3 Å². The molecule has 31 heavy (non-hydrogen) atoms. The van der Waals surface area contributed by atoms with Crippen molar-refractivity contribution in [2.75, 3.05) is 6.61 Å². The van der Waals surface area contributed by atoms with Crippen molar-refractivity contribution in [2.45, 2.75) is 53.0 Å². The summed E-state index contributed by atoms with van der Waals surface area (Å²) in [5.74, 6) is -0.360. The molecule has 2 aliphatic rings. The van der Waals surface area contributed by atoms with Gasteiger partial charge in [-0.2, -0.15) is 10.2 Å². The Morgan fingerprint density at radius 2 is 2.06 bits per heavy atom. The molecule has 2 aliphatic carbocycles. The maximum atomic E-state index is 12.1. The molecule has 2 aromatic rings. The number of rotatable bonds is 6. The second-order valence-corrected chi connectivity index (χ2v) is 9.25. The number of aromatic nitrogens is 2. The lowest BCUT2D eigenvalue weighted by Crippen LogP contribution is -2.35. The van der Waals surface area contributed by atoms with Gasteiger partial charge in [-0.15, -0.1) is 0 Å². The Morgan fingerprint density at radius 3 is 2.77 bits per heavy atom. The quantitative estimate of drug-likeness (QED) is 0.567. The summed E-state index contributed by atoms with van der Waals surface area (Å²) in [6.07, 6.45) is 4.47. The van der Waals surface area contributed by atoms with E-state index in [2.05, 4.69) is 36.4 Å². The van der Waals surface area contributed by atoms with Crippen LogP contribution in [0.25, 0.3) is 10.9 Å². The number of carbonyl (C=O) groups is 2. The molecule has 1 amide bonds. The van der Waals surface area contributed by atoms with Crippen molar-refractivity contribution >= 4 is 28.5 Å². The van der Waals surface area contributed by atoms with Crippen molar-refractivity contribution in [1.82, 2.24) is 15.2 Å². The number of amides is 1. The number of esters is 1. The first kappa shape index (κ1) is 21.2. The molecule has 0 saturated heterocycles. The normalized spacial score (nSPS) is 25.1. The Bertz CT molecular complexity index is 1120. The first-order valence-corrected chi connectivity index (χ1v) is 10.7. The van der Waals surface area contributed by atoms with Crippen LogP contribution in [0.3, 0.4) is 0 Å². The van der Waals surface area contributed by atoms with Crippen LogP contribution in [0.15, 0.2) is 40.4 Å². The molecule has 1 aromatic heterocycles. The van der Waals surface area contributed by atoms with Crippen molar-refractivity contribution in [3.05, 3.63) is 40.7 Å². The zero-order valence-electron chi connectivity index (χ0n) is 18.2. The number of fused-ring (bicyclic) bond motifs is 3. The summed E-state index contributed by atoms with van der Waals surface area (Å²) in [6.45, 7) is 6.64. The van der Waals surface area contributed by atoms with Gasteiger partial charge in [-0.25, -0.2) is 5.43 Å². The first-order chi connectivity index (χ1) is 14.7. The monoisotopic (exact) mass is 424 g/mol. The SMILES string of the molecule is CC12CCC(C/C1=N/NC(=O)COC(=O)CCn1ncc(=O)c3ccccc31)C2(C)C. The highest BCUT2D eigenvalue weighted by Gasteiger charge is 2.60. The lowest BCUT2D eigenvalue weighted by molar-refractivity contribution is -0.148. The molecule has 8 nitrogen and oxygen atoms in total. The summed E-state index contributed by atoms with van der Waals surface area (Å²) in [4.78, 5) is 36.1. The molecule has 2 atom stereocenters. The van der Waals surface area contributed by atoms with Gasteiger partial charge < -0.3 is 4.74 Å². The second kappa shape index (κ2) is 7.90. The number of benzene rings is 1. The summed E-state index contributed by atoms with van der Waals surface area (Å²) in [7, 11) is 0. The highest BCUT2D eigenvalue weighted by atomic mass is 16.5. The Kier molecular flexibility index (Phi) is 5.41. The summed E-state index contributed by atoms with van der Waals surface area (Å²) < 4.78 is 6.67. The van der Waals surface area contributed by atoms with E-state index >= 15 is 0 Å². The van der Waals surface area contributed by atoms with Crippen LogP contribution in [-0.4, -0.2) is 34.0 Å². The van der Waals surface area contributed by atoms with Crippen LogP contribution in [0, 0.1) is 16.7 Å². The van der Waals surface area contributed by atoms with E-state index in [1.54, 1.807) is 22.9 Å². The van der Waals surface area contributed by atoms with E-state index in [1.165, 1.54) is 12.6 Å². The number of ether oxygens (including phenoxy) is 1. The average molecular weight is 425 g/mol. The van der Waals surface area contributed by atoms with Crippen LogP contribution in [0.1, 0.15) is 46.5 Å². The molecule has 0 radical (unpaired) electrons. The second-order valence-electron chi connectivity index (χ2n) is 9.25. The van der Waals surface area contributed by atoms with Gasteiger partial charge in [0.25, 0.3) is 5.91 Å². The van der Waals surface area contributed by atoms with Crippen LogP contribution in [-0.2, 0) is 20.9 Å². The molecule has 8 heteroatoms. The highest BCUT2D eigenvalue weighted by molar-refractivity contribution is 5.95. The van der Waals surface area contributed by atoms with Gasteiger partial charge in [0, 0.05) is 16.5 Å². The fourth-order valence-electron chi connectivity index (χ4n) is 5.01. The van der Waals surface area contributed by atoms with Crippen molar-refractivity contribution in [1.29, 1.82) is 0 Å². The number of hydrazone groups is 1. The first-order valence-electron chi connectivity index (χ1n) is 10.7. The average Bonchev–Trinajstić information content (AvgIpc) is 3.09. The van der Waals surface area contributed by atoms with Crippen molar-refractivity contribution in [2.24, 2.45) is 21.8 Å². The third kappa shape index (κ3) is 3.75. The Morgan fingerprint density at radius 1 is 1.29 bits per heavy atom. The fraction of sp³-hybridized carbons (Fsp3) is 0.522. The van der Waals surface area contributed by atoms with E-state index in [-0.39, 0.29) is 35.8 Å². The van der Waals surface area contributed by atoms with E-state index in [4.69, 9.17) is 4.74 Å². The molecular weight excluding hydrogens is 396 g/mol. The number of aryl methyl sites for hydroxylation is 1. The summed E-state index contributed by atoms with van der Waals surface area (Å²) in [5.41, 5.74) is 4.26. The molecule has 0 aliphatic heterocycles. The molecule has 164 valence electrons. The topological polar surface area (TPSA) is 103 Å². The third-order valence-corrected chi connectivity index (χ3v) is 7.48. The number of para-hydroxylation sites is 1. The molecular formula is C23H28N4O4. The number of nitrogens with one attached hydrogen (secondary N) is 1. The predicted molar refractivity (Wildman–Crippen MR) is 116 cm³/mol. The Balaban J connectivity index is 1.28. The van der Waals surface area contributed by atoms with Gasteiger partial charge in [0.1, 0.15) is 0 Å². The van der Waals surface area contributed by atoms with Gasteiger partial charge >= 0.3 is 5.97 Å². The molecule has 1 N–H and O–H groups in total. The van der Waals surface area contributed by atoms with Crippen molar-refractivity contribution in [3.8, 4) is 0 Å². The minimum Gasteiger partial charge on any atom is -0.455 e. The highest BCUT2D eigenvalue weighted by Crippen LogP contribution is 2.63. The molecule has 4 rings (SSSR count). The van der Waals surface area contributed by atoms with Crippen LogP contribution < -0.4 is 10.9 Å². The molecule has 1 aromatic carbocycles. The maximum Gasteiger partial charge on any atom is 0.308 e. The van der Waals surface area contributed by atoms with E-state index in [0.29, 0.717) is 16.8 Å². The van der Waals surface area contributed by atoms with Gasteiger partial charge in [0.2, 0.25) is 5.43 Å². The van der Waals surface area contributed by atoms with Crippen molar-refractivity contribution in [3.63, 3.8) is 0 Å². The lowest BCUT2D eigenvalue weighted by Gasteiger charge is -2.34. The largest absolute Gasteiger partial charge is 0.455 e. The molecule has 2 bridgehead atoms. The summed E-state index contributed by atoms with van der Waals surface area (Å²) >= 11 is 0. The standard InChI is InChI=1S/C23H28N4O4/c1-22(2)15-8-10-23(22,3)19(12-15)25-26-20(29)14-31-21(30)9-11-27-17-7-5-4-6-16(17)18(28)13-24-27/h4-7,13,15H,8-12,14H2,1-3H3,(H,26,29)/b25-19-. The summed E-state index contributed by atoms with van der Waals surface area (Å²) in [5, 5.41) is 9.00. The van der Waals surface area contributed by atoms with E-state index < -0.39 is 11.9 Å². The van der Waals surface area contributed by atoms with Crippen LogP contribution in [0.4, 0.5) is 0 Å². The van der Waals surface area contributed by atoms with E-state index in [9.17, 15) is 14.4 Å². The van der Waals surface area contributed by atoms with Gasteiger partial charge in [0.15, 0.2) is 6.61 Å². The minimum atomic E-state index is -0.514. The number of hydrogen-bond acceptors (Lipinski definition) is 6. The predicted octanol–water partition coefficient (Wildman–Crippen LogP) is 2.65. The third-order valence-electron chi connectivity index (χ3n) is 7.48. The van der Waals surface area contributed by atoms with Gasteiger partial charge in [-0.3, -0.25) is 19.1 Å². The lowest BCUT2D eigenvalue weighted by atomic mass is 9.70. The number of hydrogen-bond donors (Lipinski definition) is 1. The van der Waals surface area contributed by atoms with Gasteiger partial charge in [0.05, 0.1) is 24.7 Å². The molecule has 2 unspecified atom stereocenters. The number of nitrogens with zero attached hydrogens (tertiary/aromatic N) is 3. The molecule has 2 saturated carbocycles. The zero-order chi connectivity index (χ0) is 22.2. The molecule has 0 spiro atoms. The molecule has 1 heterocycles. The molecule has 2 fully saturated rings. The smallest absolute Gasteiger partial charge is 0.308 e. The van der Waals surface area contributed by atoms with Crippen LogP contribution >= 0.6 is 0 Å². The van der Waals surface area contributed by atoms with Gasteiger partial charge in [-0.1, -0.05) is 32.9 Å². The van der Waals surface area contributed by atoms with E-state index in [1.807, 2.05) is 6.07 Å². The number of carbonyl (C=O) groups excluding carboxylic acids is 2. The van der Waals surface area contributed by atoms with Gasteiger partial charge in [-0.05, 0) is 42.7 Å². The maximum absolute atomic E-state index is 12.1. The summed E-state index contributed by atoms with van der Waals surface area (Å²) in [6, 6.07) is 7.08.